The number of nitrogens with zero attached hydrogens (tertiary/aromatic N) is 7. The lowest BCUT2D eigenvalue weighted by molar-refractivity contribution is -0.136. The molecule has 3 aliphatic heterocycles. The van der Waals surface area contributed by atoms with Crippen molar-refractivity contribution in [3.05, 3.63) is 36.2 Å². The minimum absolute atomic E-state index is 0.0926. The number of carbonyl (C=O) groups is 2. The van der Waals surface area contributed by atoms with Gasteiger partial charge in [0.15, 0.2) is 5.82 Å². The summed E-state index contributed by atoms with van der Waals surface area (Å²) in [5, 5.41) is 0. The van der Waals surface area contributed by atoms with Crippen LogP contribution in [0.5, 0.6) is 5.88 Å². The third-order valence-corrected chi connectivity index (χ3v) is 8.32. The molecule has 12 nitrogen and oxygen atoms in total. The normalized spacial score (nSPS) is 19.8. The Morgan fingerprint density at radius 1 is 1.00 bits per heavy atom. The summed E-state index contributed by atoms with van der Waals surface area (Å²) in [6, 6.07) is 8.51. The van der Waals surface area contributed by atoms with Crippen molar-refractivity contribution in [3.63, 3.8) is 0 Å². The number of morpholine rings is 1. The molecule has 3 aliphatic rings. The van der Waals surface area contributed by atoms with Crippen LogP contribution in [0.2, 0.25) is 0 Å². The first-order valence-corrected chi connectivity index (χ1v) is 14.6. The molecule has 6 rings (SSSR count). The largest absolute Gasteiger partial charge is 0.477 e. The molecule has 0 aliphatic carbocycles. The van der Waals surface area contributed by atoms with E-state index < -0.39 is 12.2 Å². The van der Waals surface area contributed by atoms with Crippen LogP contribution < -0.4 is 9.64 Å². The molecule has 1 aromatic carbocycles. The molecule has 14 heteroatoms. The maximum absolute atomic E-state index is 14.1. The van der Waals surface area contributed by atoms with Crippen molar-refractivity contribution >= 4 is 29.0 Å². The zero-order valence-electron chi connectivity index (χ0n) is 24.0. The van der Waals surface area contributed by atoms with Gasteiger partial charge in [0.1, 0.15) is 5.82 Å². The lowest BCUT2D eigenvalue weighted by atomic mass is 9.95. The van der Waals surface area contributed by atoms with Crippen molar-refractivity contribution in [2.45, 2.75) is 25.7 Å². The zero-order chi connectivity index (χ0) is 29.9. The molecule has 0 radical (unpaired) electrons. The van der Waals surface area contributed by atoms with Crippen LogP contribution >= 0.6 is 0 Å². The second-order valence-electron chi connectivity index (χ2n) is 11.0. The highest BCUT2D eigenvalue weighted by Gasteiger charge is 2.34. The fourth-order valence-corrected chi connectivity index (χ4v) is 5.99. The van der Waals surface area contributed by atoms with Crippen molar-refractivity contribution in [2.24, 2.45) is 11.8 Å². The molecule has 43 heavy (non-hydrogen) atoms. The van der Waals surface area contributed by atoms with Gasteiger partial charge in [-0.1, -0.05) is 12.1 Å². The molecule has 3 aromatic rings. The number of anilines is 1. The summed E-state index contributed by atoms with van der Waals surface area (Å²) in [5.41, 5.74) is 0.955. The molecular weight excluding hydrogens is 564 g/mol. The van der Waals surface area contributed by atoms with Gasteiger partial charge in [-0.2, -0.15) is 9.97 Å². The summed E-state index contributed by atoms with van der Waals surface area (Å²) in [6.07, 6.45) is -1.16. The molecule has 230 valence electrons. The van der Waals surface area contributed by atoms with E-state index in [-0.39, 0.29) is 35.5 Å². The number of fused-ring (bicyclic) bond motifs is 1. The van der Waals surface area contributed by atoms with Crippen molar-refractivity contribution in [1.29, 1.82) is 0 Å². The van der Waals surface area contributed by atoms with Crippen LogP contribution in [-0.4, -0.2) is 108 Å². The Bertz CT molecular complexity index is 1460. The van der Waals surface area contributed by atoms with E-state index in [0.29, 0.717) is 88.9 Å². The number of aromatic nitrogens is 4. The van der Waals surface area contributed by atoms with Gasteiger partial charge in [-0.3, -0.25) is 9.36 Å². The summed E-state index contributed by atoms with van der Waals surface area (Å²) in [6.45, 7) is 4.66. The van der Waals surface area contributed by atoms with Gasteiger partial charge in [0, 0.05) is 57.2 Å². The van der Waals surface area contributed by atoms with E-state index in [1.165, 1.54) is 11.7 Å². The number of rotatable bonds is 7. The molecular formula is C29H35F2N7O5. The molecule has 0 spiro atoms. The Kier molecular flexibility index (Phi) is 8.54. The highest BCUT2D eigenvalue weighted by Crippen LogP contribution is 2.30. The van der Waals surface area contributed by atoms with E-state index in [0.717, 1.165) is 6.42 Å². The number of hydrogen-bond donors (Lipinski definition) is 0. The SMILES string of the molecule is COC(=O)N1CCC(C(=O)N2CC[C@H](COc3cc(-n4c(C(F)F)nc5ccccc54)nc(N4CCOCC4)n3)C2)CC1. The van der Waals surface area contributed by atoms with Gasteiger partial charge in [-0.15, -0.1) is 0 Å². The van der Waals surface area contributed by atoms with Crippen LogP contribution in [0.3, 0.4) is 0 Å². The second-order valence-corrected chi connectivity index (χ2v) is 11.0. The molecule has 0 N–H and O–H groups in total. The number of alkyl halides is 2. The van der Waals surface area contributed by atoms with Crippen LogP contribution in [0, 0.1) is 11.8 Å². The Balaban J connectivity index is 1.17. The molecule has 0 unspecified atom stereocenters. The van der Waals surface area contributed by atoms with E-state index in [1.54, 1.807) is 35.2 Å². The molecule has 1 atom stereocenters. The van der Waals surface area contributed by atoms with E-state index in [1.807, 2.05) is 9.80 Å². The summed E-state index contributed by atoms with van der Waals surface area (Å²) in [4.78, 5) is 43.9. The maximum Gasteiger partial charge on any atom is 0.409 e. The van der Waals surface area contributed by atoms with E-state index in [9.17, 15) is 18.4 Å². The lowest BCUT2D eigenvalue weighted by Crippen LogP contribution is -2.44. The predicted molar refractivity (Wildman–Crippen MR) is 152 cm³/mol. The number of piperidine rings is 1. The Labute approximate surface area is 247 Å². The van der Waals surface area contributed by atoms with E-state index >= 15 is 0 Å². The highest BCUT2D eigenvalue weighted by atomic mass is 19.3. The van der Waals surface area contributed by atoms with Gasteiger partial charge in [0.25, 0.3) is 6.43 Å². The monoisotopic (exact) mass is 599 g/mol. The van der Waals surface area contributed by atoms with Crippen molar-refractivity contribution in [2.75, 3.05) is 71.1 Å². The Morgan fingerprint density at radius 3 is 2.49 bits per heavy atom. The Morgan fingerprint density at radius 2 is 1.74 bits per heavy atom. The number of methoxy groups -OCH3 is 1. The van der Waals surface area contributed by atoms with Crippen molar-refractivity contribution in [3.8, 4) is 11.7 Å². The van der Waals surface area contributed by atoms with Gasteiger partial charge < -0.3 is 28.9 Å². The fourth-order valence-electron chi connectivity index (χ4n) is 5.99. The third-order valence-electron chi connectivity index (χ3n) is 8.32. The standard InChI is InChI=1S/C29H35F2N7O5/c1-41-29(40)36-10-7-20(8-11-36)27(39)37-9-6-19(17-37)18-43-24-16-23(33-28(34-24)35-12-14-42-15-13-35)38-22-5-3-2-4-21(22)32-26(38)25(30)31/h2-5,16,19-20,25H,6-15,17-18H2,1H3/t19-/m0/s1. The van der Waals surface area contributed by atoms with Crippen LogP contribution in [0.4, 0.5) is 19.5 Å². The molecule has 5 heterocycles. The summed E-state index contributed by atoms with van der Waals surface area (Å²) >= 11 is 0. The van der Waals surface area contributed by atoms with Gasteiger partial charge >= 0.3 is 6.09 Å². The highest BCUT2D eigenvalue weighted by molar-refractivity contribution is 5.80. The number of imidazole rings is 1. The first-order valence-electron chi connectivity index (χ1n) is 14.6. The van der Waals surface area contributed by atoms with Crippen LogP contribution in [-0.2, 0) is 14.3 Å². The van der Waals surface area contributed by atoms with Crippen LogP contribution in [0.25, 0.3) is 16.9 Å². The van der Waals surface area contributed by atoms with Crippen LogP contribution in [0.15, 0.2) is 30.3 Å². The number of ether oxygens (including phenoxy) is 3. The topological polar surface area (TPSA) is 115 Å². The van der Waals surface area contributed by atoms with Crippen molar-refractivity contribution in [1.82, 2.24) is 29.3 Å². The number of carbonyl (C=O) groups excluding carboxylic acids is 2. The van der Waals surface area contributed by atoms with Gasteiger partial charge in [0.2, 0.25) is 17.7 Å². The average molecular weight is 600 g/mol. The minimum Gasteiger partial charge on any atom is -0.477 e. The number of halogens is 2. The van der Waals surface area contributed by atoms with Crippen molar-refractivity contribution < 1.29 is 32.6 Å². The van der Waals surface area contributed by atoms with E-state index in [4.69, 9.17) is 14.2 Å². The fraction of sp³-hybridized carbons (Fsp3) is 0.552. The van der Waals surface area contributed by atoms with Gasteiger partial charge in [-0.25, -0.2) is 18.6 Å². The number of amides is 2. The summed E-state index contributed by atoms with van der Waals surface area (Å²) in [7, 11) is 1.36. The molecule has 0 bridgehead atoms. The zero-order valence-corrected chi connectivity index (χ0v) is 24.0. The predicted octanol–water partition coefficient (Wildman–Crippen LogP) is 3.30. The quantitative estimate of drug-likeness (QED) is 0.404. The first-order chi connectivity index (χ1) is 20.9. The van der Waals surface area contributed by atoms with Gasteiger partial charge in [-0.05, 0) is 31.4 Å². The summed E-state index contributed by atoms with van der Waals surface area (Å²) < 4.78 is 46.1. The van der Waals surface area contributed by atoms with Crippen LogP contribution in [0.1, 0.15) is 31.5 Å². The summed E-state index contributed by atoms with van der Waals surface area (Å²) in [5.74, 6) is 0.570. The third kappa shape index (κ3) is 6.19. The first kappa shape index (κ1) is 29.0. The number of para-hydroxylation sites is 2. The molecule has 2 aromatic heterocycles. The minimum atomic E-state index is -2.81. The maximum atomic E-state index is 14.1. The molecule has 2 amide bonds. The number of hydrogen-bond acceptors (Lipinski definition) is 9. The Hall–Kier alpha value is -4.07. The average Bonchev–Trinajstić information content (AvgIpc) is 3.69. The molecule has 3 fully saturated rings. The number of benzene rings is 1. The second kappa shape index (κ2) is 12.7. The van der Waals surface area contributed by atoms with Gasteiger partial charge in [0.05, 0.1) is 38.0 Å². The smallest absolute Gasteiger partial charge is 0.409 e. The lowest BCUT2D eigenvalue weighted by Gasteiger charge is -2.32. The molecule has 0 saturated carbocycles. The van der Waals surface area contributed by atoms with E-state index in [2.05, 4.69) is 15.0 Å². The molecule has 3 saturated heterocycles. The number of likely N-dealkylation sites (tertiary alicyclic amines) is 2.